The molecule has 190 valence electrons. The summed E-state index contributed by atoms with van der Waals surface area (Å²) < 4.78 is 47.9. The van der Waals surface area contributed by atoms with Crippen LogP contribution in [0.25, 0.3) is 11.3 Å². The monoisotopic (exact) mass is 562 g/mol. The quantitative estimate of drug-likeness (QED) is 0.376. The van der Waals surface area contributed by atoms with E-state index in [9.17, 15) is 18.0 Å². The molecule has 0 spiro atoms. The number of hydrogen-bond acceptors (Lipinski definition) is 4. The van der Waals surface area contributed by atoms with Crippen LogP contribution in [-0.4, -0.2) is 45.8 Å². The third-order valence-electron chi connectivity index (χ3n) is 7.05. The van der Waals surface area contributed by atoms with Crippen LogP contribution in [0, 0.1) is 0 Å². The van der Waals surface area contributed by atoms with Gasteiger partial charge in [0.15, 0.2) is 0 Å². The molecule has 1 N–H and O–H groups in total. The van der Waals surface area contributed by atoms with Crippen molar-refractivity contribution in [3.8, 4) is 17.0 Å². The molecule has 5 rings (SSSR count). The molecule has 2 aliphatic heterocycles. The highest BCUT2D eigenvalue weighted by Gasteiger charge is 2.38. The summed E-state index contributed by atoms with van der Waals surface area (Å²) in [5.74, 6) is 0.0113. The number of carbonyl (C=O) groups excluding carboxylic acids is 1. The minimum atomic E-state index is -4.52. The van der Waals surface area contributed by atoms with E-state index in [1.54, 1.807) is 36.1 Å². The van der Waals surface area contributed by atoms with Crippen LogP contribution in [0.2, 0.25) is 0 Å². The van der Waals surface area contributed by atoms with Gasteiger partial charge in [0.05, 0.1) is 21.9 Å². The lowest BCUT2D eigenvalue weighted by Gasteiger charge is -2.22. The van der Waals surface area contributed by atoms with Crippen LogP contribution in [0.4, 0.5) is 18.9 Å². The van der Waals surface area contributed by atoms with Crippen molar-refractivity contribution in [1.82, 2.24) is 14.7 Å². The van der Waals surface area contributed by atoms with Gasteiger partial charge in [0, 0.05) is 42.5 Å². The first-order valence-corrected chi connectivity index (χ1v) is 12.7. The predicted octanol–water partition coefficient (Wildman–Crippen LogP) is 6.13. The van der Waals surface area contributed by atoms with Gasteiger partial charge in [-0.3, -0.25) is 14.4 Å². The molecule has 3 aromatic rings. The van der Waals surface area contributed by atoms with Gasteiger partial charge >= 0.3 is 6.18 Å². The number of amides is 1. The molecule has 2 aliphatic rings. The number of ether oxygens (including phenoxy) is 1. The van der Waals surface area contributed by atoms with Gasteiger partial charge in [-0.05, 0) is 78.0 Å². The number of carbonyl (C=O) groups is 1. The summed E-state index contributed by atoms with van der Waals surface area (Å²) in [6, 6.07) is 10.9. The van der Waals surface area contributed by atoms with Gasteiger partial charge in [-0.1, -0.05) is 6.07 Å². The van der Waals surface area contributed by atoms with Gasteiger partial charge in [0.25, 0.3) is 5.91 Å². The van der Waals surface area contributed by atoms with Crippen molar-refractivity contribution in [2.45, 2.75) is 43.9 Å². The molecule has 3 heterocycles. The maximum absolute atomic E-state index is 13.1. The minimum absolute atomic E-state index is 0.0753. The number of nitrogens with one attached hydrogen (secondary N) is 1. The fourth-order valence-corrected chi connectivity index (χ4v) is 5.88. The van der Waals surface area contributed by atoms with E-state index in [2.05, 4.69) is 31.2 Å². The van der Waals surface area contributed by atoms with Crippen molar-refractivity contribution in [2.75, 3.05) is 18.5 Å². The van der Waals surface area contributed by atoms with Gasteiger partial charge in [-0.25, -0.2) is 0 Å². The molecule has 36 heavy (non-hydrogen) atoms. The second-order valence-electron chi connectivity index (χ2n) is 9.26. The number of hydrogen-bond donors (Lipinski definition) is 1. The first kappa shape index (κ1) is 24.8. The smallest absolute Gasteiger partial charge is 0.416 e. The zero-order chi connectivity index (χ0) is 25.4. The highest BCUT2D eigenvalue weighted by molar-refractivity contribution is 9.10. The molecule has 1 amide bonds. The van der Waals surface area contributed by atoms with Crippen LogP contribution < -0.4 is 10.1 Å². The van der Waals surface area contributed by atoms with E-state index in [0.29, 0.717) is 35.7 Å². The van der Waals surface area contributed by atoms with Crippen molar-refractivity contribution >= 4 is 27.5 Å². The SMILES string of the molecule is Cn1ncc(Br)c1-c1cc(NC(=O)c2cccc(C(F)(F)F)c2)ccc1OCCN1C2CCC1CC2. The Morgan fingerprint density at radius 2 is 1.86 bits per heavy atom. The number of rotatable bonds is 7. The summed E-state index contributed by atoms with van der Waals surface area (Å²) in [7, 11) is 1.81. The second-order valence-corrected chi connectivity index (χ2v) is 10.1. The van der Waals surface area contributed by atoms with E-state index in [4.69, 9.17) is 4.74 Å². The van der Waals surface area contributed by atoms with E-state index in [1.165, 1.54) is 37.8 Å². The number of alkyl halides is 3. The van der Waals surface area contributed by atoms with E-state index in [1.807, 2.05) is 0 Å². The van der Waals surface area contributed by atoms with E-state index in [0.717, 1.165) is 28.8 Å². The van der Waals surface area contributed by atoms with Crippen LogP contribution in [0.3, 0.4) is 0 Å². The normalized spacial score (nSPS) is 19.6. The molecule has 2 bridgehead atoms. The molecule has 10 heteroatoms. The average Bonchev–Trinajstić information content (AvgIpc) is 3.53. The first-order valence-electron chi connectivity index (χ1n) is 11.9. The van der Waals surface area contributed by atoms with Crippen LogP contribution in [0.5, 0.6) is 5.75 Å². The second kappa shape index (κ2) is 9.89. The summed E-state index contributed by atoms with van der Waals surface area (Å²) in [5, 5.41) is 7.00. The Kier molecular flexibility index (Phi) is 6.82. The molecule has 0 unspecified atom stereocenters. The number of anilines is 1. The standard InChI is InChI=1S/C26H26BrF3N4O2/c1-33-24(22(27)15-31-33)21-14-18(32-25(35)16-3-2-4-17(13-16)26(28,29)30)5-10-23(21)36-12-11-34-19-6-7-20(34)9-8-19/h2-5,10,13-15,19-20H,6-9,11-12H2,1H3,(H,32,35). The summed E-state index contributed by atoms with van der Waals surface area (Å²) >= 11 is 3.53. The predicted molar refractivity (Wildman–Crippen MR) is 134 cm³/mol. The Morgan fingerprint density at radius 1 is 1.14 bits per heavy atom. The Balaban J connectivity index is 1.37. The maximum Gasteiger partial charge on any atom is 0.416 e. The van der Waals surface area contributed by atoms with E-state index < -0.39 is 17.6 Å². The molecule has 0 radical (unpaired) electrons. The Labute approximate surface area is 215 Å². The molecule has 1 aromatic heterocycles. The summed E-state index contributed by atoms with van der Waals surface area (Å²) in [6.45, 7) is 1.39. The maximum atomic E-state index is 13.1. The number of aryl methyl sites for hydroxylation is 1. The molecular weight excluding hydrogens is 537 g/mol. The van der Waals surface area contributed by atoms with Crippen molar-refractivity contribution in [3.63, 3.8) is 0 Å². The fourth-order valence-electron chi connectivity index (χ4n) is 5.32. The molecular formula is C26H26BrF3N4O2. The van der Waals surface area contributed by atoms with Gasteiger partial charge in [-0.15, -0.1) is 0 Å². The highest BCUT2D eigenvalue weighted by atomic mass is 79.9. The minimum Gasteiger partial charge on any atom is -0.492 e. The van der Waals surface area contributed by atoms with Crippen molar-refractivity contribution in [2.24, 2.45) is 7.05 Å². The van der Waals surface area contributed by atoms with Gasteiger partial charge in [0.1, 0.15) is 12.4 Å². The fraction of sp³-hybridized carbons (Fsp3) is 0.385. The highest BCUT2D eigenvalue weighted by Crippen LogP contribution is 2.39. The third kappa shape index (κ3) is 5.01. The number of nitrogens with zero attached hydrogens (tertiary/aromatic N) is 3. The van der Waals surface area contributed by atoms with E-state index in [-0.39, 0.29) is 5.56 Å². The van der Waals surface area contributed by atoms with Crippen molar-refractivity contribution in [1.29, 1.82) is 0 Å². The lowest BCUT2D eigenvalue weighted by molar-refractivity contribution is -0.137. The topological polar surface area (TPSA) is 59.4 Å². The van der Waals surface area contributed by atoms with Gasteiger partial charge < -0.3 is 10.1 Å². The molecule has 2 saturated heterocycles. The van der Waals surface area contributed by atoms with Crippen LogP contribution in [0.1, 0.15) is 41.6 Å². The average molecular weight is 563 g/mol. The Hall–Kier alpha value is -2.85. The zero-order valence-electron chi connectivity index (χ0n) is 19.7. The van der Waals surface area contributed by atoms with E-state index >= 15 is 0 Å². The molecule has 0 atom stereocenters. The number of aromatic nitrogens is 2. The van der Waals surface area contributed by atoms with Crippen LogP contribution in [0.15, 0.2) is 53.1 Å². The Bertz CT molecular complexity index is 1240. The number of benzene rings is 2. The van der Waals surface area contributed by atoms with Gasteiger partial charge in [0.2, 0.25) is 0 Å². The summed E-state index contributed by atoms with van der Waals surface area (Å²) in [6.07, 6.45) is 2.20. The van der Waals surface area contributed by atoms with Gasteiger partial charge in [-0.2, -0.15) is 18.3 Å². The first-order chi connectivity index (χ1) is 17.2. The van der Waals surface area contributed by atoms with Crippen molar-refractivity contribution in [3.05, 3.63) is 64.3 Å². The molecule has 2 fully saturated rings. The lowest BCUT2D eigenvalue weighted by Crippen LogP contribution is -2.32. The number of fused-ring (bicyclic) bond motifs is 2. The number of halogens is 4. The Morgan fingerprint density at radius 3 is 2.50 bits per heavy atom. The van der Waals surface area contributed by atoms with Crippen LogP contribution in [-0.2, 0) is 13.2 Å². The molecule has 6 nitrogen and oxygen atoms in total. The lowest BCUT2D eigenvalue weighted by atomic mass is 10.0. The largest absolute Gasteiger partial charge is 0.492 e. The van der Waals surface area contributed by atoms with Crippen LogP contribution >= 0.6 is 15.9 Å². The van der Waals surface area contributed by atoms with Crippen molar-refractivity contribution < 1.29 is 22.7 Å². The summed E-state index contributed by atoms with van der Waals surface area (Å²) in [5.41, 5.74) is 0.971. The third-order valence-corrected chi connectivity index (χ3v) is 7.63. The molecule has 0 saturated carbocycles. The molecule has 2 aromatic carbocycles. The molecule has 0 aliphatic carbocycles. The zero-order valence-corrected chi connectivity index (χ0v) is 21.3. The summed E-state index contributed by atoms with van der Waals surface area (Å²) in [4.78, 5) is 15.3.